The van der Waals surface area contributed by atoms with Crippen molar-refractivity contribution in [1.82, 2.24) is 4.98 Å². The van der Waals surface area contributed by atoms with E-state index in [4.69, 9.17) is 4.74 Å². The first-order chi connectivity index (χ1) is 11.7. The number of H-pyrrole nitrogens is 1. The highest BCUT2D eigenvalue weighted by Crippen LogP contribution is 2.30. The standard InChI is InChI=1S/C20H17NO3/c1-2-24-20(23)18-16(14-9-5-3-6-10-14)13-17(22)21-19(18)15-11-7-4-8-12-15/h3-13H,2H2,1H3,(H,21,22). The van der Waals surface area contributed by atoms with Crippen LogP contribution in [0.3, 0.4) is 0 Å². The molecule has 0 spiro atoms. The van der Waals surface area contributed by atoms with Crippen LogP contribution in [0.5, 0.6) is 0 Å². The third-order valence-corrected chi connectivity index (χ3v) is 3.67. The lowest BCUT2D eigenvalue weighted by Gasteiger charge is -2.14. The molecule has 0 amide bonds. The van der Waals surface area contributed by atoms with Crippen molar-refractivity contribution in [3.63, 3.8) is 0 Å². The maximum atomic E-state index is 12.6. The number of rotatable bonds is 4. The van der Waals surface area contributed by atoms with Gasteiger partial charge in [-0.3, -0.25) is 4.79 Å². The molecule has 0 atom stereocenters. The van der Waals surface area contributed by atoms with Gasteiger partial charge in [-0.25, -0.2) is 4.79 Å². The molecule has 1 aromatic heterocycles. The van der Waals surface area contributed by atoms with Gasteiger partial charge in [0.2, 0.25) is 5.56 Å². The molecule has 0 aliphatic rings. The summed E-state index contributed by atoms with van der Waals surface area (Å²) in [7, 11) is 0. The Balaban J connectivity index is 2.31. The van der Waals surface area contributed by atoms with Crippen molar-refractivity contribution < 1.29 is 9.53 Å². The molecule has 0 radical (unpaired) electrons. The van der Waals surface area contributed by atoms with Crippen molar-refractivity contribution in [3.8, 4) is 22.4 Å². The Kier molecular flexibility index (Phi) is 4.57. The number of carbonyl (C=O) groups excluding carboxylic acids is 1. The molecule has 0 fully saturated rings. The Bertz CT molecular complexity index is 835. The van der Waals surface area contributed by atoms with E-state index in [-0.39, 0.29) is 12.2 Å². The van der Waals surface area contributed by atoms with Crippen molar-refractivity contribution in [2.45, 2.75) is 6.92 Å². The predicted octanol–water partition coefficient (Wildman–Crippen LogP) is 3.89. The van der Waals surface area contributed by atoms with Crippen molar-refractivity contribution in [2.24, 2.45) is 0 Å². The number of hydrogen-bond acceptors (Lipinski definition) is 3. The summed E-state index contributed by atoms with van der Waals surface area (Å²) in [5.74, 6) is -0.452. The van der Waals surface area contributed by atoms with Gasteiger partial charge in [-0.15, -0.1) is 0 Å². The normalized spacial score (nSPS) is 10.4. The average molecular weight is 319 g/mol. The number of nitrogens with one attached hydrogen (secondary N) is 1. The van der Waals surface area contributed by atoms with E-state index in [1.807, 2.05) is 60.7 Å². The molecule has 0 aliphatic heterocycles. The van der Waals surface area contributed by atoms with E-state index >= 15 is 0 Å². The van der Waals surface area contributed by atoms with Gasteiger partial charge in [-0.2, -0.15) is 0 Å². The summed E-state index contributed by atoms with van der Waals surface area (Å²) < 4.78 is 5.23. The third kappa shape index (κ3) is 3.13. The SMILES string of the molecule is CCOC(=O)c1c(-c2ccccc2)cc(=O)[nH]c1-c1ccccc1. The smallest absolute Gasteiger partial charge is 0.340 e. The molecule has 4 heteroatoms. The Morgan fingerprint density at radius 1 is 0.958 bits per heavy atom. The van der Waals surface area contributed by atoms with Gasteiger partial charge in [0.1, 0.15) is 0 Å². The van der Waals surface area contributed by atoms with Crippen molar-refractivity contribution in [3.05, 3.63) is 82.6 Å². The lowest BCUT2D eigenvalue weighted by molar-refractivity contribution is 0.0528. The third-order valence-electron chi connectivity index (χ3n) is 3.67. The van der Waals surface area contributed by atoms with Gasteiger partial charge in [0.15, 0.2) is 0 Å². The Hall–Kier alpha value is -3.14. The molecular weight excluding hydrogens is 302 g/mol. The van der Waals surface area contributed by atoms with Crippen molar-refractivity contribution in [2.75, 3.05) is 6.61 Å². The first-order valence-corrected chi connectivity index (χ1v) is 7.76. The van der Waals surface area contributed by atoms with Gasteiger partial charge in [0.25, 0.3) is 0 Å². The van der Waals surface area contributed by atoms with Crippen LogP contribution in [-0.2, 0) is 4.74 Å². The molecule has 120 valence electrons. The van der Waals surface area contributed by atoms with E-state index in [1.165, 1.54) is 6.07 Å². The van der Waals surface area contributed by atoms with Crippen LogP contribution in [0, 0.1) is 0 Å². The Morgan fingerprint density at radius 2 is 1.54 bits per heavy atom. The van der Waals surface area contributed by atoms with Crippen LogP contribution in [0.2, 0.25) is 0 Å². The number of ether oxygens (including phenoxy) is 1. The number of esters is 1. The molecule has 0 saturated heterocycles. The summed E-state index contributed by atoms with van der Waals surface area (Å²) in [6.07, 6.45) is 0. The minimum atomic E-state index is -0.452. The highest BCUT2D eigenvalue weighted by Gasteiger charge is 2.21. The van der Waals surface area contributed by atoms with E-state index in [0.29, 0.717) is 16.8 Å². The molecule has 0 saturated carbocycles. The quantitative estimate of drug-likeness (QED) is 0.742. The molecule has 1 heterocycles. The van der Waals surface area contributed by atoms with Gasteiger partial charge in [-0.1, -0.05) is 60.7 Å². The second kappa shape index (κ2) is 6.96. The zero-order valence-corrected chi connectivity index (χ0v) is 13.3. The zero-order chi connectivity index (χ0) is 16.9. The molecule has 3 aromatic rings. The summed E-state index contributed by atoms with van der Waals surface area (Å²) >= 11 is 0. The molecule has 0 aliphatic carbocycles. The zero-order valence-electron chi connectivity index (χ0n) is 13.3. The van der Waals surface area contributed by atoms with Gasteiger partial charge in [0, 0.05) is 11.6 Å². The number of benzene rings is 2. The Labute approximate surface area is 139 Å². The van der Waals surface area contributed by atoms with Crippen LogP contribution in [0.25, 0.3) is 22.4 Å². The number of hydrogen-bond donors (Lipinski definition) is 1. The highest BCUT2D eigenvalue weighted by molar-refractivity contribution is 6.03. The number of carbonyl (C=O) groups is 1. The fourth-order valence-electron chi connectivity index (χ4n) is 2.64. The largest absolute Gasteiger partial charge is 0.462 e. The molecule has 2 aromatic carbocycles. The molecule has 0 unspecified atom stereocenters. The first kappa shape index (κ1) is 15.7. The van der Waals surface area contributed by atoms with E-state index in [1.54, 1.807) is 6.92 Å². The van der Waals surface area contributed by atoms with E-state index < -0.39 is 5.97 Å². The number of pyridine rings is 1. The molecular formula is C20H17NO3. The summed E-state index contributed by atoms with van der Waals surface area (Å²) in [6.45, 7) is 2.02. The molecule has 4 nitrogen and oxygen atoms in total. The van der Waals surface area contributed by atoms with E-state index in [0.717, 1.165) is 11.1 Å². The van der Waals surface area contributed by atoms with Crippen LogP contribution in [0.4, 0.5) is 0 Å². The molecule has 3 rings (SSSR count). The average Bonchev–Trinajstić information content (AvgIpc) is 2.62. The maximum Gasteiger partial charge on any atom is 0.340 e. The lowest BCUT2D eigenvalue weighted by atomic mass is 9.96. The molecule has 24 heavy (non-hydrogen) atoms. The van der Waals surface area contributed by atoms with Crippen LogP contribution >= 0.6 is 0 Å². The summed E-state index contributed by atoms with van der Waals surface area (Å²) in [6, 6.07) is 20.1. The van der Waals surface area contributed by atoms with Gasteiger partial charge in [-0.05, 0) is 18.1 Å². The summed E-state index contributed by atoms with van der Waals surface area (Å²) in [5, 5.41) is 0. The van der Waals surface area contributed by atoms with Crippen LogP contribution < -0.4 is 5.56 Å². The number of aromatic amines is 1. The van der Waals surface area contributed by atoms with Gasteiger partial charge in [0.05, 0.1) is 17.9 Å². The monoisotopic (exact) mass is 319 g/mol. The molecule has 1 N–H and O–H groups in total. The summed E-state index contributed by atoms with van der Waals surface area (Å²) in [5.41, 5.74) is 2.70. The first-order valence-electron chi connectivity index (χ1n) is 7.76. The van der Waals surface area contributed by atoms with E-state index in [2.05, 4.69) is 4.98 Å². The van der Waals surface area contributed by atoms with Gasteiger partial charge >= 0.3 is 5.97 Å². The second-order valence-electron chi connectivity index (χ2n) is 5.25. The minimum absolute atomic E-state index is 0.263. The highest BCUT2D eigenvalue weighted by atomic mass is 16.5. The maximum absolute atomic E-state index is 12.6. The fourth-order valence-corrected chi connectivity index (χ4v) is 2.64. The van der Waals surface area contributed by atoms with Crippen LogP contribution in [0.15, 0.2) is 71.5 Å². The number of aromatic nitrogens is 1. The summed E-state index contributed by atoms with van der Waals surface area (Å²) in [4.78, 5) is 27.6. The van der Waals surface area contributed by atoms with Crippen molar-refractivity contribution in [1.29, 1.82) is 0 Å². The second-order valence-corrected chi connectivity index (χ2v) is 5.25. The minimum Gasteiger partial charge on any atom is -0.462 e. The Morgan fingerprint density at radius 3 is 2.12 bits per heavy atom. The topological polar surface area (TPSA) is 59.2 Å². The lowest BCUT2D eigenvalue weighted by Crippen LogP contribution is -2.15. The van der Waals surface area contributed by atoms with Crippen LogP contribution in [0.1, 0.15) is 17.3 Å². The predicted molar refractivity (Wildman–Crippen MR) is 93.9 cm³/mol. The van der Waals surface area contributed by atoms with E-state index in [9.17, 15) is 9.59 Å². The molecule has 0 bridgehead atoms. The van der Waals surface area contributed by atoms with Crippen LogP contribution in [-0.4, -0.2) is 17.6 Å². The fraction of sp³-hybridized carbons (Fsp3) is 0.100. The van der Waals surface area contributed by atoms with Crippen molar-refractivity contribution >= 4 is 5.97 Å². The van der Waals surface area contributed by atoms with Gasteiger partial charge < -0.3 is 9.72 Å².